The van der Waals surface area contributed by atoms with Crippen LogP contribution in [0.2, 0.25) is 0 Å². The molecule has 0 aromatic carbocycles. The third-order valence-corrected chi connectivity index (χ3v) is 6.01. The highest BCUT2D eigenvalue weighted by molar-refractivity contribution is 9.10. The molecule has 2 atom stereocenters. The Morgan fingerprint density at radius 2 is 2.15 bits per heavy atom. The van der Waals surface area contributed by atoms with Crippen LogP contribution < -0.4 is 5.32 Å². The molecule has 0 radical (unpaired) electrons. The van der Waals surface area contributed by atoms with Gasteiger partial charge in [-0.3, -0.25) is 4.90 Å². The second kappa shape index (κ2) is 7.39. The Labute approximate surface area is 136 Å². The molecule has 1 N–H and O–H groups in total. The summed E-state index contributed by atoms with van der Waals surface area (Å²) >= 11 is 5.54. The Morgan fingerprint density at radius 3 is 2.70 bits per heavy atom. The number of nitrogens with one attached hydrogen (secondary N) is 1. The highest BCUT2D eigenvalue weighted by Crippen LogP contribution is 2.27. The zero-order chi connectivity index (χ0) is 14.7. The topological polar surface area (TPSA) is 15.3 Å². The third kappa shape index (κ3) is 4.30. The van der Waals surface area contributed by atoms with Crippen LogP contribution in [-0.2, 0) is 6.54 Å². The zero-order valence-corrected chi connectivity index (χ0v) is 15.4. The predicted octanol–water partition coefficient (Wildman–Crippen LogP) is 4.36. The number of hydrogen-bond acceptors (Lipinski definition) is 3. The highest BCUT2D eigenvalue weighted by Gasteiger charge is 2.30. The number of thiophene rings is 1. The molecule has 0 spiro atoms. The predicted molar refractivity (Wildman–Crippen MR) is 92.3 cm³/mol. The fourth-order valence-electron chi connectivity index (χ4n) is 3.09. The van der Waals surface area contributed by atoms with Gasteiger partial charge in [-0.2, -0.15) is 0 Å². The Hall–Kier alpha value is 0.1000. The van der Waals surface area contributed by atoms with Gasteiger partial charge >= 0.3 is 0 Å². The first-order chi connectivity index (χ1) is 9.47. The van der Waals surface area contributed by atoms with E-state index in [4.69, 9.17) is 0 Å². The smallest absolute Gasteiger partial charge is 0.0343 e. The Morgan fingerprint density at radius 1 is 1.40 bits per heavy atom. The molecule has 0 amide bonds. The summed E-state index contributed by atoms with van der Waals surface area (Å²) in [4.78, 5) is 4.14. The van der Waals surface area contributed by atoms with Crippen LogP contribution >= 0.6 is 27.3 Å². The first-order valence-electron chi connectivity index (χ1n) is 7.66. The molecular weight excluding hydrogens is 332 g/mol. The molecule has 2 heterocycles. The van der Waals surface area contributed by atoms with Gasteiger partial charge in [-0.05, 0) is 45.6 Å². The van der Waals surface area contributed by atoms with Crippen molar-refractivity contribution in [3.63, 3.8) is 0 Å². The average molecular weight is 359 g/mol. The van der Waals surface area contributed by atoms with E-state index in [1.165, 1.54) is 22.3 Å². The largest absolute Gasteiger partial charge is 0.311 e. The lowest BCUT2D eigenvalue weighted by atomic mass is 9.95. The molecule has 2 rings (SSSR count). The molecule has 0 bridgehead atoms. The van der Waals surface area contributed by atoms with Crippen LogP contribution in [0.4, 0.5) is 0 Å². The zero-order valence-electron chi connectivity index (χ0n) is 13.0. The first-order valence-corrected chi connectivity index (χ1v) is 9.34. The van der Waals surface area contributed by atoms with Crippen LogP contribution in [0.1, 0.15) is 39.0 Å². The van der Waals surface area contributed by atoms with Gasteiger partial charge in [0.25, 0.3) is 0 Å². The lowest BCUT2D eigenvalue weighted by Gasteiger charge is -2.42. The van der Waals surface area contributed by atoms with Gasteiger partial charge in [0.1, 0.15) is 0 Å². The van der Waals surface area contributed by atoms with Gasteiger partial charge in [0.15, 0.2) is 0 Å². The minimum absolute atomic E-state index is 0.642. The van der Waals surface area contributed by atoms with Crippen LogP contribution in [-0.4, -0.2) is 30.1 Å². The summed E-state index contributed by atoms with van der Waals surface area (Å²) in [6.07, 6.45) is 1.27. The quantitative estimate of drug-likeness (QED) is 0.841. The Balaban J connectivity index is 2.05. The minimum Gasteiger partial charge on any atom is -0.311 e. The van der Waals surface area contributed by atoms with Crippen molar-refractivity contribution in [1.29, 1.82) is 0 Å². The van der Waals surface area contributed by atoms with E-state index >= 15 is 0 Å². The first kappa shape index (κ1) is 16.5. The molecule has 1 aliphatic rings. The normalized spacial score (nSPS) is 24.8. The van der Waals surface area contributed by atoms with Gasteiger partial charge in [0.05, 0.1) is 0 Å². The molecule has 0 aliphatic carbocycles. The summed E-state index contributed by atoms with van der Waals surface area (Å²) in [5.74, 6) is 1.46. The van der Waals surface area contributed by atoms with Crippen molar-refractivity contribution in [1.82, 2.24) is 10.2 Å². The molecule has 20 heavy (non-hydrogen) atoms. The van der Waals surface area contributed by atoms with Gasteiger partial charge in [-0.1, -0.05) is 27.7 Å². The van der Waals surface area contributed by atoms with Gasteiger partial charge in [0, 0.05) is 41.1 Å². The summed E-state index contributed by atoms with van der Waals surface area (Å²) in [6, 6.07) is 3.45. The van der Waals surface area contributed by atoms with E-state index < -0.39 is 0 Å². The molecule has 2 nitrogen and oxygen atoms in total. The van der Waals surface area contributed by atoms with Crippen LogP contribution in [0.5, 0.6) is 0 Å². The average Bonchev–Trinajstić information content (AvgIpc) is 2.74. The Bertz CT molecular complexity index is 416. The molecule has 0 saturated carbocycles. The van der Waals surface area contributed by atoms with E-state index in [0.29, 0.717) is 18.0 Å². The number of piperazine rings is 1. The van der Waals surface area contributed by atoms with Crippen LogP contribution in [0.25, 0.3) is 0 Å². The highest BCUT2D eigenvalue weighted by atomic mass is 79.9. The Kier molecular flexibility index (Phi) is 6.09. The van der Waals surface area contributed by atoms with E-state index in [0.717, 1.165) is 19.0 Å². The number of rotatable bonds is 5. The van der Waals surface area contributed by atoms with Gasteiger partial charge in [0.2, 0.25) is 0 Å². The van der Waals surface area contributed by atoms with Crippen molar-refractivity contribution in [3.8, 4) is 0 Å². The monoisotopic (exact) mass is 358 g/mol. The second-order valence-corrected chi connectivity index (χ2v) is 8.52. The van der Waals surface area contributed by atoms with Crippen LogP contribution in [0.3, 0.4) is 0 Å². The molecule has 1 fully saturated rings. The summed E-state index contributed by atoms with van der Waals surface area (Å²) < 4.78 is 1.27. The maximum Gasteiger partial charge on any atom is 0.0343 e. The van der Waals surface area contributed by atoms with Crippen LogP contribution in [0, 0.1) is 11.8 Å². The molecule has 1 aromatic heterocycles. The van der Waals surface area contributed by atoms with E-state index in [1.54, 1.807) is 0 Å². The molecule has 114 valence electrons. The molecule has 2 unspecified atom stereocenters. The summed E-state index contributed by atoms with van der Waals surface area (Å²) in [5, 5.41) is 5.93. The van der Waals surface area contributed by atoms with Gasteiger partial charge in [-0.15, -0.1) is 11.3 Å². The standard InChI is InChI=1S/C16H27BrN2S/c1-11(2)7-13-9-19(15(8-18-13)12(3)4)10-16-14(17)5-6-20-16/h5-6,11-13,15,18H,7-10H2,1-4H3. The van der Waals surface area contributed by atoms with E-state index in [9.17, 15) is 0 Å². The summed E-state index contributed by atoms with van der Waals surface area (Å²) in [5.41, 5.74) is 0. The summed E-state index contributed by atoms with van der Waals surface area (Å²) in [6.45, 7) is 12.7. The second-order valence-electron chi connectivity index (χ2n) is 6.67. The maximum atomic E-state index is 3.76. The molecule has 1 aliphatic heterocycles. The van der Waals surface area contributed by atoms with Crippen molar-refractivity contribution >= 4 is 27.3 Å². The molecule has 4 heteroatoms. The lowest BCUT2D eigenvalue weighted by molar-refractivity contribution is 0.0860. The van der Waals surface area contributed by atoms with Crippen molar-refractivity contribution in [3.05, 3.63) is 20.8 Å². The lowest BCUT2D eigenvalue weighted by Crippen LogP contribution is -2.57. The molecular formula is C16H27BrN2S. The van der Waals surface area contributed by atoms with Crippen molar-refractivity contribution in [2.24, 2.45) is 11.8 Å². The fraction of sp³-hybridized carbons (Fsp3) is 0.750. The van der Waals surface area contributed by atoms with Crippen molar-refractivity contribution < 1.29 is 0 Å². The van der Waals surface area contributed by atoms with E-state index in [1.807, 2.05) is 11.3 Å². The van der Waals surface area contributed by atoms with Crippen molar-refractivity contribution in [2.75, 3.05) is 13.1 Å². The fourth-order valence-corrected chi connectivity index (χ4v) is 4.59. The maximum absolute atomic E-state index is 3.76. The number of hydrogen-bond donors (Lipinski definition) is 1. The van der Waals surface area contributed by atoms with Gasteiger partial charge < -0.3 is 5.32 Å². The minimum atomic E-state index is 0.642. The number of halogens is 1. The van der Waals surface area contributed by atoms with Crippen LogP contribution in [0.15, 0.2) is 15.9 Å². The van der Waals surface area contributed by atoms with Crippen molar-refractivity contribution in [2.45, 2.75) is 52.7 Å². The molecule has 1 aromatic rings. The molecule has 1 saturated heterocycles. The summed E-state index contributed by atoms with van der Waals surface area (Å²) in [7, 11) is 0. The van der Waals surface area contributed by atoms with E-state index in [-0.39, 0.29) is 0 Å². The van der Waals surface area contributed by atoms with Gasteiger partial charge in [-0.25, -0.2) is 0 Å². The number of nitrogens with zero attached hydrogens (tertiary/aromatic N) is 1. The third-order valence-electron chi connectivity index (χ3n) is 4.10. The van der Waals surface area contributed by atoms with E-state index in [2.05, 4.69) is 65.3 Å². The SMILES string of the molecule is CC(C)CC1CN(Cc2sccc2Br)C(C(C)C)CN1.